The normalized spacial score (nSPS) is 14.2. The standard InChI is InChI=1S/C16H22BrF2NO4S/c1-5-23-13(21)9-11(20-25(22)16(2,3)4)14-10(17)7-6-8-12(14)24-15(18)19/h6-8,11,15,20H,5,9H2,1-4H3/t11-,25?/m1/s1. The minimum Gasteiger partial charge on any atom is -0.466 e. The molecule has 0 aliphatic carbocycles. The first-order valence-electron chi connectivity index (χ1n) is 7.63. The monoisotopic (exact) mass is 441 g/mol. The lowest BCUT2D eigenvalue weighted by Crippen LogP contribution is -2.37. The van der Waals surface area contributed by atoms with Gasteiger partial charge in [-0.25, -0.2) is 8.93 Å². The number of hydrogen-bond donors (Lipinski definition) is 1. The molecule has 142 valence electrons. The van der Waals surface area contributed by atoms with Gasteiger partial charge in [0.15, 0.2) is 0 Å². The van der Waals surface area contributed by atoms with Crippen LogP contribution in [0.15, 0.2) is 22.7 Å². The molecule has 1 N–H and O–H groups in total. The van der Waals surface area contributed by atoms with Gasteiger partial charge in [0.25, 0.3) is 0 Å². The number of carbonyl (C=O) groups is 1. The van der Waals surface area contributed by atoms with Crippen LogP contribution in [0, 0.1) is 0 Å². The van der Waals surface area contributed by atoms with Gasteiger partial charge >= 0.3 is 12.6 Å². The minimum atomic E-state index is -3.02. The van der Waals surface area contributed by atoms with Gasteiger partial charge < -0.3 is 9.47 Å². The number of carbonyl (C=O) groups excluding carboxylic acids is 1. The molecule has 2 atom stereocenters. The topological polar surface area (TPSA) is 64.6 Å². The predicted molar refractivity (Wildman–Crippen MR) is 95.8 cm³/mol. The molecule has 0 saturated carbocycles. The van der Waals surface area contributed by atoms with E-state index in [2.05, 4.69) is 25.4 Å². The van der Waals surface area contributed by atoms with Crippen molar-refractivity contribution in [3.05, 3.63) is 28.2 Å². The summed E-state index contributed by atoms with van der Waals surface area (Å²) in [6.45, 7) is 4.10. The quantitative estimate of drug-likeness (QED) is 0.616. The fraction of sp³-hybridized carbons (Fsp3) is 0.562. The van der Waals surface area contributed by atoms with Crippen LogP contribution < -0.4 is 9.46 Å². The molecule has 0 radical (unpaired) electrons. The Morgan fingerprint density at radius 1 is 1.36 bits per heavy atom. The van der Waals surface area contributed by atoms with E-state index < -0.39 is 34.4 Å². The zero-order valence-electron chi connectivity index (χ0n) is 14.5. The Morgan fingerprint density at radius 3 is 2.52 bits per heavy atom. The van der Waals surface area contributed by atoms with Crippen molar-refractivity contribution in [2.45, 2.75) is 51.5 Å². The average Bonchev–Trinajstić information content (AvgIpc) is 2.45. The van der Waals surface area contributed by atoms with Crippen LogP contribution >= 0.6 is 15.9 Å². The van der Waals surface area contributed by atoms with E-state index in [0.29, 0.717) is 4.47 Å². The highest BCUT2D eigenvalue weighted by atomic mass is 79.9. The lowest BCUT2D eigenvalue weighted by atomic mass is 10.0. The molecular weight excluding hydrogens is 420 g/mol. The van der Waals surface area contributed by atoms with Crippen molar-refractivity contribution in [2.75, 3.05) is 6.61 Å². The fourth-order valence-corrected chi connectivity index (χ4v) is 3.39. The molecular formula is C16H22BrF2NO4S. The number of alkyl halides is 2. The summed E-state index contributed by atoms with van der Waals surface area (Å²) in [6, 6.07) is 3.70. The number of benzene rings is 1. The summed E-state index contributed by atoms with van der Waals surface area (Å²) in [6.07, 6.45) is -0.183. The third-order valence-electron chi connectivity index (χ3n) is 3.06. The van der Waals surface area contributed by atoms with E-state index in [4.69, 9.17) is 4.74 Å². The molecule has 25 heavy (non-hydrogen) atoms. The first kappa shape index (κ1) is 22.0. The Morgan fingerprint density at radius 2 is 2.00 bits per heavy atom. The third-order valence-corrected chi connectivity index (χ3v) is 5.36. The van der Waals surface area contributed by atoms with E-state index in [0.717, 1.165) is 0 Å². The number of halogens is 3. The molecule has 9 heteroatoms. The molecule has 1 rings (SSSR count). The zero-order valence-corrected chi connectivity index (χ0v) is 16.9. The Balaban J connectivity index is 3.26. The first-order chi connectivity index (χ1) is 11.6. The smallest absolute Gasteiger partial charge is 0.387 e. The Bertz CT molecular complexity index is 623. The van der Waals surface area contributed by atoms with E-state index >= 15 is 0 Å². The van der Waals surface area contributed by atoms with Crippen LogP contribution in [0.4, 0.5) is 8.78 Å². The molecule has 1 aromatic carbocycles. The molecule has 0 heterocycles. The zero-order chi connectivity index (χ0) is 19.2. The summed E-state index contributed by atoms with van der Waals surface area (Å²) in [5.41, 5.74) is 0.286. The molecule has 0 aliphatic heterocycles. The molecule has 1 unspecified atom stereocenters. The molecule has 0 aliphatic rings. The van der Waals surface area contributed by atoms with Gasteiger partial charge in [0, 0.05) is 10.0 Å². The van der Waals surface area contributed by atoms with Crippen molar-refractivity contribution in [1.82, 2.24) is 4.72 Å². The van der Waals surface area contributed by atoms with Gasteiger partial charge in [-0.1, -0.05) is 22.0 Å². The Kier molecular flexibility index (Phi) is 8.43. The predicted octanol–water partition coefficient (Wildman–Crippen LogP) is 4.10. The summed E-state index contributed by atoms with van der Waals surface area (Å²) in [7, 11) is -1.54. The van der Waals surface area contributed by atoms with Gasteiger partial charge in [0.05, 0.1) is 34.8 Å². The molecule has 0 bridgehead atoms. The highest BCUT2D eigenvalue weighted by molar-refractivity contribution is 9.10. The second-order valence-corrected chi connectivity index (χ2v) is 8.94. The summed E-state index contributed by atoms with van der Waals surface area (Å²) in [5, 5.41) is 0. The number of esters is 1. The van der Waals surface area contributed by atoms with Crippen molar-refractivity contribution in [3.8, 4) is 5.75 Å². The average molecular weight is 442 g/mol. The maximum absolute atomic E-state index is 12.7. The lowest BCUT2D eigenvalue weighted by molar-refractivity contribution is -0.143. The van der Waals surface area contributed by atoms with Gasteiger partial charge in [0.1, 0.15) is 5.75 Å². The van der Waals surface area contributed by atoms with Crippen molar-refractivity contribution in [1.29, 1.82) is 0 Å². The van der Waals surface area contributed by atoms with Crippen molar-refractivity contribution < 1.29 is 27.3 Å². The highest BCUT2D eigenvalue weighted by Crippen LogP contribution is 2.36. The third kappa shape index (κ3) is 6.99. The highest BCUT2D eigenvalue weighted by Gasteiger charge is 2.29. The minimum absolute atomic E-state index is 0.0999. The van der Waals surface area contributed by atoms with Gasteiger partial charge in [-0.15, -0.1) is 0 Å². The largest absolute Gasteiger partial charge is 0.466 e. The lowest BCUT2D eigenvalue weighted by Gasteiger charge is -2.26. The fourth-order valence-electron chi connectivity index (χ4n) is 1.95. The molecule has 0 amide bonds. The van der Waals surface area contributed by atoms with Crippen LogP contribution in [0.25, 0.3) is 0 Å². The van der Waals surface area contributed by atoms with Crippen LogP contribution in [-0.4, -0.2) is 28.1 Å². The van der Waals surface area contributed by atoms with Crippen molar-refractivity contribution in [2.24, 2.45) is 0 Å². The Labute approximate surface area is 157 Å². The molecule has 0 aromatic heterocycles. The van der Waals surface area contributed by atoms with Gasteiger partial charge in [0.2, 0.25) is 0 Å². The maximum atomic E-state index is 12.7. The number of rotatable bonds is 8. The van der Waals surface area contributed by atoms with E-state index in [1.807, 2.05) is 0 Å². The van der Waals surface area contributed by atoms with E-state index in [1.54, 1.807) is 33.8 Å². The summed E-state index contributed by atoms with van der Waals surface area (Å²) in [4.78, 5) is 11.9. The van der Waals surface area contributed by atoms with Gasteiger partial charge in [-0.05, 0) is 39.8 Å². The SMILES string of the molecule is CCOC(=O)C[C@@H](NS(=O)C(C)(C)C)c1c(Br)cccc1OC(F)F. The summed E-state index contributed by atoms with van der Waals surface area (Å²) >= 11 is 3.29. The van der Waals surface area contributed by atoms with Crippen molar-refractivity contribution in [3.63, 3.8) is 0 Å². The van der Waals surface area contributed by atoms with Crippen LogP contribution in [0.1, 0.15) is 45.7 Å². The molecule has 1 aromatic rings. The van der Waals surface area contributed by atoms with E-state index in [9.17, 15) is 17.8 Å². The van der Waals surface area contributed by atoms with E-state index in [1.165, 1.54) is 12.1 Å². The molecule has 5 nitrogen and oxygen atoms in total. The van der Waals surface area contributed by atoms with Crippen LogP contribution in [0.5, 0.6) is 5.75 Å². The van der Waals surface area contributed by atoms with Gasteiger partial charge in [-0.2, -0.15) is 8.78 Å². The summed E-state index contributed by atoms with van der Waals surface area (Å²) < 4.78 is 50.1. The maximum Gasteiger partial charge on any atom is 0.387 e. The second kappa shape index (κ2) is 9.59. The van der Waals surface area contributed by atoms with Crippen LogP contribution in [-0.2, 0) is 20.5 Å². The van der Waals surface area contributed by atoms with Crippen LogP contribution in [0.2, 0.25) is 0 Å². The molecule has 0 saturated heterocycles. The number of hydrogen-bond acceptors (Lipinski definition) is 4. The number of ether oxygens (including phenoxy) is 2. The Hall–Kier alpha value is -1.06. The molecule has 0 fully saturated rings. The van der Waals surface area contributed by atoms with Gasteiger partial charge in [-0.3, -0.25) is 4.79 Å². The van der Waals surface area contributed by atoms with E-state index in [-0.39, 0.29) is 24.3 Å². The second-order valence-electron chi connectivity index (χ2n) is 6.09. The van der Waals surface area contributed by atoms with Crippen LogP contribution in [0.3, 0.4) is 0 Å². The molecule has 0 spiro atoms. The van der Waals surface area contributed by atoms with Crippen molar-refractivity contribution >= 4 is 32.9 Å². The number of nitrogens with one attached hydrogen (secondary N) is 1. The summed E-state index contributed by atoms with van der Waals surface area (Å²) in [5.74, 6) is -0.637. The first-order valence-corrected chi connectivity index (χ1v) is 9.57.